The molecule has 98 valence electrons. The highest BCUT2D eigenvalue weighted by molar-refractivity contribution is 5.78. The number of hydrogen-bond donors (Lipinski definition) is 0. The first-order valence-electron chi connectivity index (χ1n) is 6.89. The summed E-state index contributed by atoms with van der Waals surface area (Å²) in [7, 11) is 0. The molecule has 0 aromatic rings. The third-order valence-electron chi connectivity index (χ3n) is 4.47. The first-order valence-corrected chi connectivity index (χ1v) is 6.89. The number of ether oxygens (including phenoxy) is 2. The molecule has 0 N–H and O–H groups in total. The summed E-state index contributed by atoms with van der Waals surface area (Å²) < 4.78 is 11.4. The van der Waals surface area contributed by atoms with E-state index in [0.29, 0.717) is 11.7 Å². The minimum Gasteiger partial charge on any atom is -0.381 e. The standard InChI is InChI=1S/C14H24O3/c1-3-13(11(2)15)12-4-7-17-14(10-12)5-8-16-9-6-14/h12-13H,3-10H2,1-2H3. The van der Waals surface area contributed by atoms with E-state index in [1.807, 2.05) is 0 Å². The van der Waals surface area contributed by atoms with Crippen molar-refractivity contribution in [3.63, 3.8) is 0 Å². The van der Waals surface area contributed by atoms with Crippen molar-refractivity contribution in [2.45, 2.75) is 51.6 Å². The maximum atomic E-state index is 11.7. The zero-order valence-electron chi connectivity index (χ0n) is 11.0. The molecule has 0 saturated carbocycles. The summed E-state index contributed by atoms with van der Waals surface area (Å²) in [5, 5.41) is 0. The Morgan fingerprint density at radius 1 is 1.35 bits per heavy atom. The van der Waals surface area contributed by atoms with Crippen LogP contribution >= 0.6 is 0 Å². The van der Waals surface area contributed by atoms with Crippen molar-refractivity contribution in [3.8, 4) is 0 Å². The number of ketones is 1. The van der Waals surface area contributed by atoms with Gasteiger partial charge in [-0.2, -0.15) is 0 Å². The summed E-state index contributed by atoms with van der Waals surface area (Å²) in [5.74, 6) is 1.10. The van der Waals surface area contributed by atoms with Crippen LogP contribution in [0, 0.1) is 11.8 Å². The maximum Gasteiger partial charge on any atom is 0.133 e. The average molecular weight is 240 g/mol. The van der Waals surface area contributed by atoms with E-state index >= 15 is 0 Å². The van der Waals surface area contributed by atoms with Crippen LogP contribution in [0.2, 0.25) is 0 Å². The van der Waals surface area contributed by atoms with Crippen LogP contribution in [0.4, 0.5) is 0 Å². The van der Waals surface area contributed by atoms with Crippen LogP contribution in [0.25, 0.3) is 0 Å². The summed E-state index contributed by atoms with van der Waals surface area (Å²) in [6, 6.07) is 0. The molecule has 3 nitrogen and oxygen atoms in total. The molecule has 2 rings (SSSR count). The summed E-state index contributed by atoms with van der Waals surface area (Å²) in [6.07, 6.45) is 5.05. The number of carbonyl (C=O) groups excluding carboxylic acids is 1. The van der Waals surface area contributed by atoms with Gasteiger partial charge in [0.05, 0.1) is 5.60 Å². The Morgan fingerprint density at radius 3 is 2.65 bits per heavy atom. The second-order valence-corrected chi connectivity index (χ2v) is 5.52. The fourth-order valence-corrected chi connectivity index (χ4v) is 3.45. The molecular formula is C14H24O3. The quantitative estimate of drug-likeness (QED) is 0.760. The van der Waals surface area contributed by atoms with Gasteiger partial charge in [0, 0.05) is 25.7 Å². The predicted molar refractivity (Wildman–Crippen MR) is 65.9 cm³/mol. The number of carbonyl (C=O) groups is 1. The lowest BCUT2D eigenvalue weighted by molar-refractivity contribution is -0.156. The van der Waals surface area contributed by atoms with Gasteiger partial charge in [-0.3, -0.25) is 4.79 Å². The van der Waals surface area contributed by atoms with Crippen LogP contribution in [0.3, 0.4) is 0 Å². The van der Waals surface area contributed by atoms with Gasteiger partial charge >= 0.3 is 0 Å². The molecule has 2 aliphatic heterocycles. The van der Waals surface area contributed by atoms with Crippen molar-refractivity contribution in [2.24, 2.45) is 11.8 Å². The third-order valence-corrected chi connectivity index (χ3v) is 4.47. The topological polar surface area (TPSA) is 35.5 Å². The van der Waals surface area contributed by atoms with Crippen LogP contribution in [0.1, 0.15) is 46.0 Å². The average Bonchev–Trinajstić information content (AvgIpc) is 2.30. The summed E-state index contributed by atoms with van der Waals surface area (Å²) >= 11 is 0. The Bertz CT molecular complexity index is 263. The lowest BCUT2D eigenvalue weighted by Gasteiger charge is -2.44. The maximum absolute atomic E-state index is 11.7. The van der Waals surface area contributed by atoms with Crippen LogP contribution in [0.5, 0.6) is 0 Å². The van der Waals surface area contributed by atoms with E-state index in [1.54, 1.807) is 6.92 Å². The van der Waals surface area contributed by atoms with Crippen molar-refractivity contribution >= 4 is 5.78 Å². The molecule has 2 aliphatic rings. The van der Waals surface area contributed by atoms with Gasteiger partial charge in [-0.15, -0.1) is 0 Å². The fourth-order valence-electron chi connectivity index (χ4n) is 3.45. The van der Waals surface area contributed by atoms with Gasteiger partial charge in [0.25, 0.3) is 0 Å². The van der Waals surface area contributed by atoms with Crippen molar-refractivity contribution in [3.05, 3.63) is 0 Å². The van der Waals surface area contributed by atoms with Gasteiger partial charge in [0.15, 0.2) is 0 Å². The molecule has 0 aliphatic carbocycles. The molecule has 17 heavy (non-hydrogen) atoms. The molecule has 2 heterocycles. The van der Waals surface area contributed by atoms with E-state index in [0.717, 1.165) is 51.9 Å². The minimum absolute atomic E-state index is 0.0179. The highest BCUT2D eigenvalue weighted by atomic mass is 16.5. The van der Waals surface area contributed by atoms with Crippen molar-refractivity contribution in [1.29, 1.82) is 0 Å². The molecule has 0 amide bonds. The summed E-state index contributed by atoms with van der Waals surface area (Å²) in [6.45, 7) is 6.29. The number of Topliss-reactive ketones (excluding diaryl/α,β-unsaturated/α-hetero) is 1. The molecule has 1 spiro atoms. The van der Waals surface area contributed by atoms with Crippen molar-refractivity contribution in [1.82, 2.24) is 0 Å². The number of hydrogen-bond acceptors (Lipinski definition) is 3. The lowest BCUT2D eigenvalue weighted by Crippen LogP contribution is -2.46. The SMILES string of the molecule is CCC(C(C)=O)C1CCOC2(CCOCC2)C1. The molecule has 0 aromatic carbocycles. The summed E-state index contributed by atoms with van der Waals surface area (Å²) in [4.78, 5) is 11.7. The molecule has 0 aromatic heterocycles. The first-order chi connectivity index (χ1) is 8.17. The number of rotatable bonds is 3. The van der Waals surface area contributed by atoms with Gasteiger partial charge in [-0.05, 0) is 44.9 Å². The van der Waals surface area contributed by atoms with E-state index in [1.165, 1.54) is 0 Å². The van der Waals surface area contributed by atoms with Crippen LogP contribution in [0.15, 0.2) is 0 Å². The van der Waals surface area contributed by atoms with Crippen LogP contribution < -0.4 is 0 Å². The Hall–Kier alpha value is -0.410. The zero-order valence-corrected chi connectivity index (χ0v) is 11.0. The fraction of sp³-hybridized carbons (Fsp3) is 0.929. The van der Waals surface area contributed by atoms with Gasteiger partial charge in [-0.1, -0.05) is 6.92 Å². The minimum atomic E-state index is 0.0179. The molecule has 0 bridgehead atoms. The predicted octanol–water partition coefficient (Wildman–Crippen LogP) is 2.58. The molecule has 0 radical (unpaired) electrons. The van der Waals surface area contributed by atoms with Crippen molar-refractivity contribution < 1.29 is 14.3 Å². The second-order valence-electron chi connectivity index (χ2n) is 5.52. The van der Waals surface area contributed by atoms with Gasteiger partial charge in [-0.25, -0.2) is 0 Å². The third kappa shape index (κ3) is 2.89. The molecule has 2 atom stereocenters. The highest BCUT2D eigenvalue weighted by Crippen LogP contribution is 2.40. The lowest BCUT2D eigenvalue weighted by atomic mass is 9.73. The molecular weight excluding hydrogens is 216 g/mol. The van der Waals surface area contributed by atoms with Crippen LogP contribution in [-0.2, 0) is 14.3 Å². The van der Waals surface area contributed by atoms with E-state index in [2.05, 4.69) is 6.92 Å². The molecule has 2 saturated heterocycles. The van der Waals surface area contributed by atoms with Gasteiger partial charge < -0.3 is 9.47 Å². The monoisotopic (exact) mass is 240 g/mol. The van der Waals surface area contributed by atoms with E-state index in [-0.39, 0.29) is 11.5 Å². The highest BCUT2D eigenvalue weighted by Gasteiger charge is 2.41. The van der Waals surface area contributed by atoms with E-state index in [4.69, 9.17) is 9.47 Å². The Kier molecular flexibility index (Phi) is 4.21. The van der Waals surface area contributed by atoms with Crippen molar-refractivity contribution in [2.75, 3.05) is 19.8 Å². The first kappa shape index (κ1) is 13.0. The molecule has 2 fully saturated rings. The summed E-state index contributed by atoms with van der Waals surface area (Å²) in [5.41, 5.74) is 0.0179. The van der Waals surface area contributed by atoms with E-state index in [9.17, 15) is 4.79 Å². The smallest absolute Gasteiger partial charge is 0.133 e. The zero-order chi connectivity index (χ0) is 12.3. The normalized spacial score (nSPS) is 30.1. The van der Waals surface area contributed by atoms with E-state index < -0.39 is 0 Å². The van der Waals surface area contributed by atoms with Gasteiger partial charge in [0.1, 0.15) is 5.78 Å². The Labute approximate surface area is 104 Å². The molecule has 3 heteroatoms. The Morgan fingerprint density at radius 2 is 2.06 bits per heavy atom. The van der Waals surface area contributed by atoms with Gasteiger partial charge in [0.2, 0.25) is 0 Å². The molecule has 2 unspecified atom stereocenters. The largest absolute Gasteiger partial charge is 0.381 e. The Balaban J connectivity index is 2.02. The van der Waals surface area contributed by atoms with Crippen LogP contribution in [-0.4, -0.2) is 31.2 Å². The second kappa shape index (κ2) is 5.49.